The Bertz CT molecular complexity index is 727. The van der Waals surface area contributed by atoms with Crippen molar-refractivity contribution in [2.75, 3.05) is 0 Å². The molecule has 2 heterocycles. The smallest absolute Gasteiger partial charge is 0.134 e. The summed E-state index contributed by atoms with van der Waals surface area (Å²) in [6.45, 7) is 0. The number of halogens is 1. The van der Waals surface area contributed by atoms with Crippen molar-refractivity contribution < 1.29 is 4.42 Å². The lowest BCUT2D eigenvalue weighted by Crippen LogP contribution is -2.28. The molecule has 3 rings (SSSR count). The number of hydrazine groups is 1. The Morgan fingerprint density at radius 1 is 1.19 bits per heavy atom. The second-order valence-corrected chi connectivity index (χ2v) is 5.38. The van der Waals surface area contributed by atoms with E-state index in [4.69, 9.17) is 21.9 Å². The highest BCUT2D eigenvalue weighted by molar-refractivity contribution is 6.31. The third kappa shape index (κ3) is 3.24. The van der Waals surface area contributed by atoms with Crippen molar-refractivity contribution in [3.05, 3.63) is 65.1 Å². The zero-order chi connectivity index (χ0) is 14.7. The number of aromatic nitrogens is 1. The number of hydrogen-bond donors (Lipinski definition) is 2. The van der Waals surface area contributed by atoms with Crippen LogP contribution in [-0.2, 0) is 6.42 Å². The molecule has 3 aromatic rings. The average Bonchev–Trinajstić information content (AvgIpc) is 2.92. The van der Waals surface area contributed by atoms with Crippen LogP contribution in [0.1, 0.15) is 23.8 Å². The maximum absolute atomic E-state index is 5.99. The van der Waals surface area contributed by atoms with Gasteiger partial charge in [0.2, 0.25) is 0 Å². The first-order valence-electron chi connectivity index (χ1n) is 6.80. The topological polar surface area (TPSA) is 64.1 Å². The first-order chi connectivity index (χ1) is 10.3. The predicted octanol–water partition coefficient (Wildman–Crippen LogP) is 3.62. The molecule has 0 radical (unpaired) electrons. The van der Waals surface area contributed by atoms with Crippen molar-refractivity contribution in [2.45, 2.75) is 18.9 Å². The van der Waals surface area contributed by atoms with Crippen molar-refractivity contribution in [1.29, 1.82) is 0 Å². The van der Waals surface area contributed by atoms with Crippen LogP contribution in [0.3, 0.4) is 0 Å². The normalized spacial score (nSPS) is 12.7. The van der Waals surface area contributed by atoms with Crippen LogP contribution in [0.5, 0.6) is 0 Å². The first kappa shape index (κ1) is 14.1. The first-order valence-corrected chi connectivity index (χ1v) is 7.18. The lowest BCUT2D eigenvalue weighted by Gasteiger charge is -2.12. The van der Waals surface area contributed by atoms with Crippen LogP contribution in [0.4, 0.5) is 0 Å². The van der Waals surface area contributed by atoms with Gasteiger partial charge in [0.05, 0.1) is 6.04 Å². The number of nitrogens with two attached hydrogens (primary N) is 1. The second-order valence-electron chi connectivity index (χ2n) is 4.94. The molecular formula is C16H16ClN3O. The molecule has 0 saturated heterocycles. The van der Waals surface area contributed by atoms with Crippen molar-refractivity contribution in [2.24, 2.45) is 5.84 Å². The summed E-state index contributed by atoms with van der Waals surface area (Å²) < 4.78 is 5.85. The predicted molar refractivity (Wildman–Crippen MR) is 83.8 cm³/mol. The monoisotopic (exact) mass is 301 g/mol. The van der Waals surface area contributed by atoms with Gasteiger partial charge in [-0.2, -0.15) is 0 Å². The van der Waals surface area contributed by atoms with E-state index >= 15 is 0 Å². The van der Waals surface area contributed by atoms with Crippen LogP contribution in [0.2, 0.25) is 5.02 Å². The zero-order valence-electron chi connectivity index (χ0n) is 11.4. The summed E-state index contributed by atoms with van der Waals surface area (Å²) >= 11 is 5.99. The number of furan rings is 1. The van der Waals surface area contributed by atoms with E-state index in [2.05, 4.69) is 10.4 Å². The molecular weight excluding hydrogens is 286 g/mol. The number of rotatable bonds is 5. The molecule has 0 aliphatic rings. The molecule has 0 aliphatic heterocycles. The van der Waals surface area contributed by atoms with Crippen molar-refractivity contribution in [1.82, 2.24) is 10.4 Å². The molecule has 4 nitrogen and oxygen atoms in total. The molecule has 5 heteroatoms. The van der Waals surface area contributed by atoms with Gasteiger partial charge in [-0.3, -0.25) is 10.8 Å². The lowest BCUT2D eigenvalue weighted by molar-refractivity contribution is 0.417. The molecule has 0 spiro atoms. The molecule has 2 aromatic heterocycles. The Morgan fingerprint density at radius 3 is 2.76 bits per heavy atom. The van der Waals surface area contributed by atoms with Crippen LogP contribution in [-0.4, -0.2) is 4.98 Å². The number of nitrogens with zero attached hydrogens (tertiary/aromatic N) is 1. The van der Waals surface area contributed by atoms with E-state index in [0.29, 0.717) is 5.02 Å². The van der Waals surface area contributed by atoms with Gasteiger partial charge in [0.15, 0.2) is 0 Å². The van der Waals surface area contributed by atoms with E-state index in [9.17, 15) is 0 Å². The van der Waals surface area contributed by atoms with E-state index in [-0.39, 0.29) is 6.04 Å². The van der Waals surface area contributed by atoms with Crippen LogP contribution < -0.4 is 11.3 Å². The quantitative estimate of drug-likeness (QED) is 0.558. The summed E-state index contributed by atoms with van der Waals surface area (Å²) in [6, 6.07) is 11.5. The molecule has 21 heavy (non-hydrogen) atoms. The maximum atomic E-state index is 5.99. The van der Waals surface area contributed by atoms with Crippen LogP contribution >= 0.6 is 11.6 Å². The Morgan fingerprint density at radius 2 is 2.00 bits per heavy atom. The largest absolute Gasteiger partial charge is 0.459 e. The van der Waals surface area contributed by atoms with Crippen LogP contribution in [0.25, 0.3) is 11.0 Å². The minimum Gasteiger partial charge on any atom is -0.459 e. The zero-order valence-corrected chi connectivity index (χ0v) is 12.2. The van der Waals surface area contributed by atoms with Gasteiger partial charge in [0.25, 0.3) is 0 Å². The number of fused-ring (bicyclic) bond motifs is 1. The highest BCUT2D eigenvalue weighted by atomic mass is 35.5. The Kier molecular flexibility index (Phi) is 4.20. The number of hydrogen-bond acceptors (Lipinski definition) is 4. The van der Waals surface area contributed by atoms with E-state index in [1.165, 1.54) is 5.56 Å². The summed E-state index contributed by atoms with van der Waals surface area (Å²) in [7, 11) is 0. The average molecular weight is 302 g/mol. The van der Waals surface area contributed by atoms with Crippen molar-refractivity contribution in [3.8, 4) is 0 Å². The molecule has 0 fully saturated rings. The number of aryl methyl sites for hydroxylation is 1. The summed E-state index contributed by atoms with van der Waals surface area (Å²) in [5.41, 5.74) is 4.87. The summed E-state index contributed by atoms with van der Waals surface area (Å²) in [6.07, 6.45) is 5.33. The molecule has 1 unspecified atom stereocenters. The number of benzene rings is 1. The molecule has 0 saturated carbocycles. The number of pyridine rings is 1. The summed E-state index contributed by atoms with van der Waals surface area (Å²) in [4.78, 5) is 4.02. The van der Waals surface area contributed by atoms with Crippen LogP contribution in [0.15, 0.2) is 53.2 Å². The lowest BCUT2D eigenvalue weighted by atomic mass is 10.0. The van der Waals surface area contributed by atoms with Gasteiger partial charge in [-0.05, 0) is 54.8 Å². The third-order valence-electron chi connectivity index (χ3n) is 3.51. The van der Waals surface area contributed by atoms with Gasteiger partial charge in [-0.25, -0.2) is 5.43 Å². The fourth-order valence-electron chi connectivity index (χ4n) is 2.37. The van der Waals surface area contributed by atoms with Gasteiger partial charge < -0.3 is 4.42 Å². The fourth-order valence-corrected chi connectivity index (χ4v) is 2.56. The summed E-state index contributed by atoms with van der Waals surface area (Å²) in [5, 5.41) is 1.69. The minimum atomic E-state index is -0.0376. The van der Waals surface area contributed by atoms with Crippen molar-refractivity contribution >= 4 is 22.6 Å². The minimum absolute atomic E-state index is 0.0376. The molecule has 1 aromatic carbocycles. The highest BCUT2D eigenvalue weighted by Gasteiger charge is 2.15. The summed E-state index contributed by atoms with van der Waals surface area (Å²) in [5.74, 6) is 6.50. The number of nitrogens with one attached hydrogen (secondary N) is 1. The molecule has 0 aliphatic carbocycles. The van der Waals surface area contributed by atoms with Crippen LogP contribution in [0, 0.1) is 0 Å². The maximum Gasteiger partial charge on any atom is 0.134 e. The standard InChI is InChI=1S/C16H16ClN3O/c17-13-2-4-15-12(9-13)10-16(21-15)14(20-18)3-1-11-5-7-19-8-6-11/h2,4-10,14,20H,1,3,18H2. The van der Waals surface area contributed by atoms with Gasteiger partial charge in [-0.1, -0.05) is 11.6 Å². The van der Waals surface area contributed by atoms with E-state index in [0.717, 1.165) is 29.6 Å². The molecule has 0 bridgehead atoms. The van der Waals surface area contributed by atoms with E-state index in [1.54, 1.807) is 12.4 Å². The molecule has 108 valence electrons. The van der Waals surface area contributed by atoms with Gasteiger partial charge in [0.1, 0.15) is 11.3 Å². The molecule has 3 N–H and O–H groups in total. The highest BCUT2D eigenvalue weighted by Crippen LogP contribution is 2.28. The van der Waals surface area contributed by atoms with E-state index < -0.39 is 0 Å². The SMILES string of the molecule is NNC(CCc1ccncc1)c1cc2cc(Cl)ccc2o1. The Hall–Kier alpha value is -1.88. The van der Waals surface area contributed by atoms with Gasteiger partial charge in [-0.15, -0.1) is 0 Å². The van der Waals surface area contributed by atoms with Gasteiger partial charge in [0, 0.05) is 22.8 Å². The Balaban J connectivity index is 1.78. The van der Waals surface area contributed by atoms with Gasteiger partial charge >= 0.3 is 0 Å². The van der Waals surface area contributed by atoms with E-state index in [1.807, 2.05) is 36.4 Å². The third-order valence-corrected chi connectivity index (χ3v) is 3.75. The molecule has 0 amide bonds. The van der Waals surface area contributed by atoms with Crippen molar-refractivity contribution in [3.63, 3.8) is 0 Å². The fraction of sp³-hybridized carbons (Fsp3) is 0.188. The molecule has 1 atom stereocenters. The Labute approximate surface area is 127 Å². The second kappa shape index (κ2) is 6.26.